The fourth-order valence-electron chi connectivity index (χ4n) is 3.11. The summed E-state index contributed by atoms with van der Waals surface area (Å²) in [6, 6.07) is 0.903. The number of nitrogens with one attached hydrogen (secondary N) is 2. The molecule has 0 spiro atoms. The molecule has 1 aliphatic carbocycles. The third kappa shape index (κ3) is 2.73. The number of piperidine rings is 1. The molecule has 0 bridgehead atoms. The van der Waals surface area contributed by atoms with Crippen LogP contribution >= 0.6 is 0 Å². The number of nitrogens with zero attached hydrogens (tertiary/aromatic N) is 2. The van der Waals surface area contributed by atoms with Crippen LogP contribution in [-0.4, -0.2) is 46.2 Å². The predicted molar refractivity (Wildman–Crippen MR) is 77.8 cm³/mol. The normalized spacial score (nSPS) is 22.8. The highest BCUT2D eigenvalue weighted by atomic mass is 16.2. The van der Waals surface area contributed by atoms with E-state index in [9.17, 15) is 4.79 Å². The average Bonchev–Trinajstić information content (AvgIpc) is 3.23. The summed E-state index contributed by atoms with van der Waals surface area (Å²) in [6.07, 6.45) is 6.00. The van der Waals surface area contributed by atoms with Crippen LogP contribution in [-0.2, 0) is 0 Å². The van der Waals surface area contributed by atoms with Gasteiger partial charge in [-0.05, 0) is 46.1 Å². The number of aromatic nitrogens is 2. The second-order valence-corrected chi connectivity index (χ2v) is 6.14. The summed E-state index contributed by atoms with van der Waals surface area (Å²) in [5.74, 6) is 0.156. The van der Waals surface area contributed by atoms with Gasteiger partial charge in [0.2, 0.25) is 0 Å². The van der Waals surface area contributed by atoms with Crippen LogP contribution in [0.25, 0.3) is 0 Å². The zero-order chi connectivity index (χ0) is 14.1. The highest BCUT2D eigenvalue weighted by molar-refractivity contribution is 5.96. The van der Waals surface area contributed by atoms with Crippen LogP contribution in [0.5, 0.6) is 0 Å². The number of H-pyrrole nitrogens is 1. The summed E-state index contributed by atoms with van der Waals surface area (Å²) in [4.78, 5) is 14.9. The van der Waals surface area contributed by atoms with E-state index in [2.05, 4.69) is 20.4 Å². The molecule has 1 aromatic rings. The van der Waals surface area contributed by atoms with Gasteiger partial charge < -0.3 is 10.2 Å². The van der Waals surface area contributed by atoms with E-state index >= 15 is 0 Å². The van der Waals surface area contributed by atoms with Gasteiger partial charge in [0.05, 0.1) is 11.3 Å². The van der Waals surface area contributed by atoms with Crippen molar-refractivity contribution in [2.45, 2.75) is 58.0 Å². The van der Waals surface area contributed by atoms with Crippen LogP contribution in [0.4, 0.5) is 0 Å². The van der Waals surface area contributed by atoms with Gasteiger partial charge >= 0.3 is 0 Å². The second kappa shape index (κ2) is 5.56. The predicted octanol–water partition coefficient (Wildman–Crippen LogP) is 1.77. The maximum absolute atomic E-state index is 12.8. The largest absolute Gasteiger partial charge is 0.334 e. The first-order valence-electron chi connectivity index (χ1n) is 7.72. The van der Waals surface area contributed by atoms with Gasteiger partial charge in [-0.3, -0.25) is 9.89 Å². The van der Waals surface area contributed by atoms with E-state index in [1.165, 1.54) is 19.3 Å². The lowest BCUT2D eigenvalue weighted by Crippen LogP contribution is -2.46. The van der Waals surface area contributed by atoms with Gasteiger partial charge in [-0.15, -0.1) is 0 Å². The van der Waals surface area contributed by atoms with Crippen LogP contribution in [0.2, 0.25) is 0 Å². The molecule has 2 heterocycles. The second-order valence-electron chi connectivity index (χ2n) is 6.14. The van der Waals surface area contributed by atoms with Gasteiger partial charge in [0, 0.05) is 24.3 Å². The quantitative estimate of drug-likeness (QED) is 0.881. The van der Waals surface area contributed by atoms with Crippen molar-refractivity contribution in [1.82, 2.24) is 20.4 Å². The number of amides is 1. The van der Waals surface area contributed by atoms with Crippen LogP contribution < -0.4 is 5.32 Å². The van der Waals surface area contributed by atoms with Crippen molar-refractivity contribution in [2.75, 3.05) is 13.1 Å². The first-order chi connectivity index (χ1) is 9.66. The Balaban J connectivity index is 1.74. The maximum Gasteiger partial charge on any atom is 0.257 e. The zero-order valence-electron chi connectivity index (χ0n) is 12.4. The fourth-order valence-corrected chi connectivity index (χ4v) is 3.11. The van der Waals surface area contributed by atoms with Gasteiger partial charge in [0.15, 0.2) is 0 Å². The Morgan fingerprint density at radius 3 is 2.65 bits per heavy atom. The lowest BCUT2D eigenvalue weighted by Gasteiger charge is -2.31. The molecule has 1 atom stereocenters. The molecule has 1 saturated heterocycles. The number of aryl methyl sites for hydroxylation is 2. The smallest absolute Gasteiger partial charge is 0.257 e. The lowest BCUT2D eigenvalue weighted by atomic mass is 10.0. The summed E-state index contributed by atoms with van der Waals surface area (Å²) in [5, 5.41) is 10.6. The van der Waals surface area contributed by atoms with Crippen LogP contribution in [0.3, 0.4) is 0 Å². The van der Waals surface area contributed by atoms with E-state index in [-0.39, 0.29) is 5.91 Å². The van der Waals surface area contributed by atoms with E-state index in [4.69, 9.17) is 0 Å². The first-order valence-corrected chi connectivity index (χ1v) is 7.72. The minimum absolute atomic E-state index is 0.156. The van der Waals surface area contributed by atoms with Crippen molar-refractivity contribution < 1.29 is 4.79 Å². The standard InChI is InChI=1S/C15H24N4O/c1-10-14(11(2)18-17-10)15(20)19(13-6-7-13)9-12-5-3-4-8-16-12/h12-13,16H,3-9H2,1-2H3,(H,17,18). The summed E-state index contributed by atoms with van der Waals surface area (Å²) in [6.45, 7) is 5.76. The van der Waals surface area contributed by atoms with Gasteiger partial charge in [0.1, 0.15) is 0 Å². The first kappa shape index (κ1) is 13.6. The van der Waals surface area contributed by atoms with Crippen molar-refractivity contribution >= 4 is 5.91 Å². The summed E-state index contributed by atoms with van der Waals surface area (Å²) in [7, 11) is 0. The Morgan fingerprint density at radius 2 is 2.10 bits per heavy atom. The highest BCUT2D eigenvalue weighted by Crippen LogP contribution is 2.30. The number of carbonyl (C=O) groups is 1. The van der Waals surface area contributed by atoms with E-state index in [1.54, 1.807) is 0 Å². The molecule has 1 aromatic heterocycles. The molecule has 20 heavy (non-hydrogen) atoms. The van der Waals surface area contributed by atoms with Crippen LogP contribution in [0.1, 0.15) is 53.8 Å². The molecule has 0 radical (unpaired) electrons. The topological polar surface area (TPSA) is 61.0 Å². The molecule has 2 N–H and O–H groups in total. The van der Waals surface area contributed by atoms with E-state index in [0.29, 0.717) is 12.1 Å². The van der Waals surface area contributed by atoms with E-state index < -0.39 is 0 Å². The van der Waals surface area contributed by atoms with Gasteiger partial charge in [0.25, 0.3) is 5.91 Å². The fraction of sp³-hybridized carbons (Fsp3) is 0.733. The molecular weight excluding hydrogens is 252 g/mol. The summed E-state index contributed by atoms with van der Waals surface area (Å²) < 4.78 is 0. The number of hydrogen-bond donors (Lipinski definition) is 2. The van der Waals surface area contributed by atoms with E-state index in [1.807, 2.05) is 13.8 Å². The molecule has 2 fully saturated rings. The number of rotatable bonds is 4. The lowest BCUT2D eigenvalue weighted by molar-refractivity contribution is 0.0716. The van der Waals surface area contributed by atoms with Crippen molar-refractivity contribution in [3.05, 3.63) is 17.0 Å². The Hall–Kier alpha value is -1.36. The van der Waals surface area contributed by atoms with Crippen LogP contribution in [0.15, 0.2) is 0 Å². The minimum Gasteiger partial charge on any atom is -0.334 e. The molecule has 0 aromatic carbocycles. The minimum atomic E-state index is 0.156. The summed E-state index contributed by atoms with van der Waals surface area (Å²) >= 11 is 0. The monoisotopic (exact) mass is 276 g/mol. The molecule has 3 rings (SSSR count). The Kier molecular flexibility index (Phi) is 3.78. The Morgan fingerprint density at radius 1 is 1.30 bits per heavy atom. The van der Waals surface area contributed by atoms with Crippen molar-refractivity contribution in [1.29, 1.82) is 0 Å². The Bertz CT molecular complexity index is 467. The molecule has 1 aliphatic heterocycles. The molecular formula is C15H24N4O. The van der Waals surface area contributed by atoms with Crippen molar-refractivity contribution in [2.24, 2.45) is 0 Å². The van der Waals surface area contributed by atoms with Crippen molar-refractivity contribution in [3.8, 4) is 0 Å². The highest BCUT2D eigenvalue weighted by Gasteiger charge is 2.36. The average molecular weight is 276 g/mol. The van der Waals surface area contributed by atoms with E-state index in [0.717, 1.165) is 42.9 Å². The molecule has 1 unspecified atom stereocenters. The third-order valence-corrected chi connectivity index (χ3v) is 4.42. The van der Waals surface area contributed by atoms with Gasteiger partial charge in [-0.2, -0.15) is 5.10 Å². The molecule has 1 amide bonds. The van der Waals surface area contributed by atoms with Gasteiger partial charge in [-0.25, -0.2) is 0 Å². The van der Waals surface area contributed by atoms with Gasteiger partial charge in [-0.1, -0.05) is 6.42 Å². The molecule has 2 aliphatic rings. The molecule has 5 heteroatoms. The number of carbonyl (C=O) groups excluding carboxylic acids is 1. The summed E-state index contributed by atoms with van der Waals surface area (Å²) in [5.41, 5.74) is 2.47. The van der Waals surface area contributed by atoms with Crippen LogP contribution in [0, 0.1) is 13.8 Å². The molecule has 5 nitrogen and oxygen atoms in total. The van der Waals surface area contributed by atoms with Crippen molar-refractivity contribution in [3.63, 3.8) is 0 Å². The SMILES string of the molecule is Cc1n[nH]c(C)c1C(=O)N(CC1CCCCN1)C1CC1. The number of aromatic amines is 1. The maximum atomic E-state index is 12.8. The zero-order valence-corrected chi connectivity index (χ0v) is 12.4. The third-order valence-electron chi connectivity index (χ3n) is 4.42. The Labute approximate surface area is 120 Å². The number of hydrogen-bond acceptors (Lipinski definition) is 3. The molecule has 110 valence electrons. The molecule has 1 saturated carbocycles.